The summed E-state index contributed by atoms with van der Waals surface area (Å²) in [5, 5.41) is 11.8. The molecule has 3 N–H and O–H groups in total. The highest BCUT2D eigenvalue weighted by Gasteiger charge is 2.41. The third kappa shape index (κ3) is 5.22. The van der Waals surface area contributed by atoms with Crippen molar-refractivity contribution in [3.05, 3.63) is 59.7 Å². The van der Waals surface area contributed by atoms with Crippen LogP contribution in [0.15, 0.2) is 48.5 Å². The average molecular weight is 469 g/mol. The predicted octanol–water partition coefficient (Wildman–Crippen LogP) is 4.10. The second kappa shape index (κ2) is 10.3. The Morgan fingerprint density at radius 3 is 2.00 bits per heavy atom. The van der Waals surface area contributed by atoms with Gasteiger partial charge in [0.15, 0.2) is 6.10 Å². The van der Waals surface area contributed by atoms with Crippen LogP contribution in [0.5, 0.6) is 0 Å². The summed E-state index contributed by atoms with van der Waals surface area (Å²) < 4.78 is 5.63. The standard InChI is InChI=1S/C26H32N2O6/c1-15(2)22(26(4,5)24(31)28-34-16(3)23(29)30)27-25(32)33-14-21-19-12-8-6-10-17(19)18-11-7-9-13-20(18)21/h6-13,15-16,21-22H,14H2,1-5H3,(H,27,32)(H,28,31)(H,29,30). The number of carboxylic acids is 1. The first-order valence-electron chi connectivity index (χ1n) is 11.3. The van der Waals surface area contributed by atoms with Crippen LogP contribution >= 0.6 is 0 Å². The largest absolute Gasteiger partial charge is 0.479 e. The Bertz CT molecular complexity index is 1020. The van der Waals surface area contributed by atoms with E-state index in [9.17, 15) is 14.4 Å². The number of hydroxylamine groups is 1. The summed E-state index contributed by atoms with van der Waals surface area (Å²) >= 11 is 0. The molecule has 2 aromatic rings. The summed E-state index contributed by atoms with van der Waals surface area (Å²) in [4.78, 5) is 41.4. The van der Waals surface area contributed by atoms with Crippen LogP contribution in [0.1, 0.15) is 51.7 Å². The number of benzene rings is 2. The molecule has 0 spiro atoms. The molecule has 2 amide bonds. The first-order valence-corrected chi connectivity index (χ1v) is 11.3. The lowest BCUT2D eigenvalue weighted by atomic mass is 9.78. The summed E-state index contributed by atoms with van der Waals surface area (Å²) in [7, 11) is 0. The highest BCUT2D eigenvalue weighted by Crippen LogP contribution is 2.44. The Morgan fingerprint density at radius 2 is 1.50 bits per heavy atom. The van der Waals surface area contributed by atoms with E-state index in [1.807, 2.05) is 50.2 Å². The lowest BCUT2D eigenvalue weighted by Gasteiger charge is -2.36. The number of ether oxygens (including phenoxy) is 1. The SMILES string of the molecule is CC(ONC(=O)C(C)(C)C(NC(=O)OCC1c2ccccc2-c2ccccc21)C(C)C)C(=O)O. The van der Waals surface area contributed by atoms with Crippen LogP contribution in [-0.4, -0.2) is 41.8 Å². The second-order valence-electron chi connectivity index (χ2n) is 9.44. The number of aliphatic carboxylic acids is 1. The third-order valence-corrected chi connectivity index (χ3v) is 6.32. The van der Waals surface area contributed by atoms with Gasteiger partial charge >= 0.3 is 12.1 Å². The molecule has 1 aliphatic carbocycles. The fourth-order valence-electron chi connectivity index (χ4n) is 4.41. The van der Waals surface area contributed by atoms with E-state index < -0.39 is 35.5 Å². The number of alkyl carbamates (subject to hydrolysis) is 1. The number of carbonyl (C=O) groups excluding carboxylic acids is 2. The van der Waals surface area contributed by atoms with Crippen LogP contribution in [0.2, 0.25) is 0 Å². The first-order chi connectivity index (χ1) is 16.0. The van der Waals surface area contributed by atoms with Gasteiger partial charge in [-0.1, -0.05) is 62.4 Å². The first kappa shape index (κ1) is 25.2. The molecule has 0 heterocycles. The lowest BCUT2D eigenvalue weighted by molar-refractivity contribution is -0.162. The quantitative estimate of drug-likeness (QED) is 0.478. The van der Waals surface area contributed by atoms with Crippen molar-refractivity contribution in [2.45, 2.75) is 52.7 Å². The molecule has 0 fully saturated rings. The van der Waals surface area contributed by atoms with Gasteiger partial charge in [0.2, 0.25) is 0 Å². The van der Waals surface area contributed by atoms with Gasteiger partial charge in [-0.2, -0.15) is 0 Å². The molecular formula is C26H32N2O6. The second-order valence-corrected chi connectivity index (χ2v) is 9.44. The third-order valence-electron chi connectivity index (χ3n) is 6.32. The van der Waals surface area contributed by atoms with E-state index in [1.54, 1.807) is 13.8 Å². The maximum Gasteiger partial charge on any atom is 0.407 e. The molecule has 0 bridgehead atoms. The maximum absolute atomic E-state index is 12.8. The van der Waals surface area contributed by atoms with Gasteiger partial charge in [-0.15, -0.1) is 0 Å². The number of nitrogens with one attached hydrogen (secondary N) is 2. The van der Waals surface area contributed by atoms with Gasteiger partial charge in [0.05, 0.1) is 5.41 Å². The zero-order valence-corrected chi connectivity index (χ0v) is 20.1. The molecule has 8 heteroatoms. The minimum atomic E-state index is -1.20. The minimum Gasteiger partial charge on any atom is -0.479 e. The molecule has 182 valence electrons. The maximum atomic E-state index is 12.8. The monoisotopic (exact) mass is 468 g/mol. The van der Waals surface area contributed by atoms with Gasteiger partial charge in [-0.3, -0.25) is 9.63 Å². The Hall–Kier alpha value is -3.39. The fraction of sp³-hybridized carbons (Fsp3) is 0.423. The summed E-state index contributed by atoms with van der Waals surface area (Å²) in [6.45, 7) is 8.55. The Balaban J connectivity index is 1.66. The van der Waals surface area contributed by atoms with Gasteiger partial charge in [-0.25, -0.2) is 15.1 Å². The molecule has 0 aromatic heterocycles. The normalized spacial score (nSPS) is 14.6. The van der Waals surface area contributed by atoms with Crippen molar-refractivity contribution in [3.8, 4) is 11.1 Å². The Labute approximate surface area is 199 Å². The van der Waals surface area contributed by atoms with Crippen LogP contribution in [-0.2, 0) is 19.2 Å². The van der Waals surface area contributed by atoms with Crippen molar-refractivity contribution in [1.29, 1.82) is 0 Å². The molecule has 2 atom stereocenters. The van der Waals surface area contributed by atoms with Crippen LogP contribution < -0.4 is 10.8 Å². The van der Waals surface area contributed by atoms with Crippen LogP contribution in [0.3, 0.4) is 0 Å². The van der Waals surface area contributed by atoms with E-state index in [0.717, 1.165) is 22.3 Å². The number of hydrogen-bond donors (Lipinski definition) is 3. The average Bonchev–Trinajstić information content (AvgIpc) is 3.12. The molecule has 3 rings (SSSR count). The molecule has 0 saturated heterocycles. The summed E-state index contributed by atoms with van der Waals surface area (Å²) in [5.41, 5.74) is 5.60. The summed E-state index contributed by atoms with van der Waals surface area (Å²) in [6, 6.07) is 15.6. The van der Waals surface area contributed by atoms with Gasteiger partial charge in [0.1, 0.15) is 6.61 Å². The molecule has 1 aliphatic rings. The van der Waals surface area contributed by atoms with E-state index in [0.29, 0.717) is 0 Å². The van der Waals surface area contributed by atoms with Crippen molar-refractivity contribution in [2.75, 3.05) is 6.61 Å². The molecule has 0 radical (unpaired) electrons. The highest BCUT2D eigenvalue weighted by molar-refractivity contribution is 5.83. The number of carbonyl (C=O) groups is 3. The van der Waals surface area contributed by atoms with E-state index in [-0.39, 0.29) is 18.4 Å². The molecular weight excluding hydrogens is 436 g/mol. The fourth-order valence-corrected chi connectivity index (χ4v) is 4.41. The van der Waals surface area contributed by atoms with Gasteiger partial charge in [0, 0.05) is 12.0 Å². The number of carboxylic acid groups (broad SMARTS) is 1. The van der Waals surface area contributed by atoms with Crippen LogP contribution in [0, 0.1) is 11.3 Å². The van der Waals surface area contributed by atoms with Crippen molar-refractivity contribution in [2.24, 2.45) is 11.3 Å². The number of hydrogen-bond acceptors (Lipinski definition) is 5. The molecule has 0 saturated carbocycles. The smallest absolute Gasteiger partial charge is 0.407 e. The van der Waals surface area contributed by atoms with E-state index in [2.05, 4.69) is 22.9 Å². The minimum absolute atomic E-state index is 0.0714. The molecule has 2 aromatic carbocycles. The Morgan fingerprint density at radius 1 is 0.971 bits per heavy atom. The van der Waals surface area contributed by atoms with Gasteiger partial charge in [-0.05, 0) is 48.9 Å². The molecule has 0 aliphatic heterocycles. The zero-order valence-electron chi connectivity index (χ0n) is 20.1. The topological polar surface area (TPSA) is 114 Å². The number of amides is 2. The van der Waals surface area contributed by atoms with Crippen molar-refractivity contribution in [3.63, 3.8) is 0 Å². The van der Waals surface area contributed by atoms with E-state index in [4.69, 9.17) is 14.7 Å². The zero-order chi connectivity index (χ0) is 25.0. The molecule has 8 nitrogen and oxygen atoms in total. The van der Waals surface area contributed by atoms with Crippen LogP contribution in [0.4, 0.5) is 4.79 Å². The van der Waals surface area contributed by atoms with Crippen LogP contribution in [0.25, 0.3) is 11.1 Å². The summed E-state index contributed by atoms with van der Waals surface area (Å²) in [5.74, 6) is -1.93. The molecule has 34 heavy (non-hydrogen) atoms. The van der Waals surface area contributed by atoms with E-state index in [1.165, 1.54) is 6.92 Å². The van der Waals surface area contributed by atoms with Crippen molar-refractivity contribution >= 4 is 18.0 Å². The van der Waals surface area contributed by atoms with Gasteiger partial charge < -0.3 is 15.2 Å². The molecule has 2 unspecified atom stereocenters. The predicted molar refractivity (Wildman–Crippen MR) is 127 cm³/mol. The van der Waals surface area contributed by atoms with Gasteiger partial charge in [0.25, 0.3) is 5.91 Å². The van der Waals surface area contributed by atoms with E-state index >= 15 is 0 Å². The lowest BCUT2D eigenvalue weighted by Crippen LogP contribution is -2.55. The Kier molecular flexibility index (Phi) is 7.61. The number of fused-ring (bicyclic) bond motifs is 3. The highest BCUT2D eigenvalue weighted by atomic mass is 16.7. The number of rotatable bonds is 9. The van der Waals surface area contributed by atoms with Crippen molar-refractivity contribution in [1.82, 2.24) is 10.8 Å². The van der Waals surface area contributed by atoms with Crippen molar-refractivity contribution < 1.29 is 29.1 Å². The summed E-state index contributed by atoms with van der Waals surface area (Å²) in [6.07, 6.45) is -1.83.